The molecule has 0 aromatic heterocycles. The molecule has 0 fully saturated rings. The monoisotopic (exact) mass is 150 g/mol. The molecule has 1 N–H and O–H groups in total. The van der Waals surface area contributed by atoms with Gasteiger partial charge in [0.2, 0.25) is 5.63 Å². The zero-order valence-corrected chi connectivity index (χ0v) is 4.55. The Bertz CT molecular complexity index is 59.2. The average Bonchev–Trinajstić information content (AvgIpc) is 1.31. The second-order valence-electron chi connectivity index (χ2n) is 0.888. The first-order valence-electron chi connectivity index (χ1n) is 1.33. The minimum absolute atomic E-state index is 2.57. The van der Waals surface area contributed by atoms with Crippen LogP contribution >= 0.6 is 23.2 Å². The van der Waals surface area contributed by atoms with Crippen LogP contribution in [0.15, 0.2) is 0 Å². The van der Waals surface area contributed by atoms with Crippen molar-refractivity contribution in [2.45, 2.75) is 10.9 Å². The number of alkyl halides is 4. The van der Waals surface area contributed by atoms with Gasteiger partial charge in [0.15, 0.2) is 0 Å². The molecule has 0 heterocycles. The van der Waals surface area contributed by atoms with Crippen LogP contribution in [0.5, 0.6) is 0 Å². The van der Waals surface area contributed by atoms with Crippen LogP contribution in [0, 0.1) is 0 Å². The van der Waals surface area contributed by atoms with Crippen molar-refractivity contribution >= 4 is 23.2 Å². The quantitative estimate of drug-likeness (QED) is 0.561. The van der Waals surface area contributed by atoms with E-state index in [2.05, 4.69) is 23.2 Å². The molecular weight excluding hydrogens is 149 g/mol. The predicted molar refractivity (Wildman–Crippen MR) is 22.7 cm³/mol. The van der Waals surface area contributed by atoms with E-state index in [0.717, 1.165) is 0 Å². The van der Waals surface area contributed by atoms with Gasteiger partial charge in [-0.05, 0) is 11.6 Å². The topological polar surface area (TPSA) is 20.2 Å². The van der Waals surface area contributed by atoms with Gasteiger partial charge in [-0.15, -0.1) is 0 Å². The fraction of sp³-hybridized carbons (Fsp3) is 1.00. The molecule has 0 aliphatic rings. The summed E-state index contributed by atoms with van der Waals surface area (Å²) in [6.45, 7) is 0. The number of hydrogen-bond acceptors (Lipinski definition) is 1. The highest BCUT2D eigenvalue weighted by atomic mass is 35.5. The van der Waals surface area contributed by atoms with Crippen LogP contribution in [0.4, 0.5) is 8.78 Å². The van der Waals surface area contributed by atoms with Gasteiger partial charge in [-0.2, -0.15) is 4.39 Å². The van der Waals surface area contributed by atoms with Gasteiger partial charge in [0.1, 0.15) is 0 Å². The van der Waals surface area contributed by atoms with Gasteiger partial charge in [0, 0.05) is 0 Å². The van der Waals surface area contributed by atoms with E-state index in [1.807, 2.05) is 0 Å². The van der Waals surface area contributed by atoms with Crippen molar-refractivity contribution in [2.75, 3.05) is 0 Å². The molecule has 2 unspecified atom stereocenters. The summed E-state index contributed by atoms with van der Waals surface area (Å²) < 4.78 is 22.5. The van der Waals surface area contributed by atoms with E-state index >= 15 is 0 Å². The Kier molecular flexibility index (Phi) is 2.23. The Morgan fingerprint density at radius 1 is 1.71 bits per heavy atom. The van der Waals surface area contributed by atoms with E-state index in [0.29, 0.717) is 0 Å². The Balaban J connectivity index is 3.54. The lowest BCUT2D eigenvalue weighted by atomic mass is 10.7. The van der Waals surface area contributed by atoms with Crippen molar-refractivity contribution < 1.29 is 13.9 Å². The summed E-state index contributed by atoms with van der Waals surface area (Å²) in [6, 6.07) is 0. The fourth-order valence-corrected chi connectivity index (χ4v) is 0. The molecule has 0 aromatic rings. The van der Waals surface area contributed by atoms with Gasteiger partial charge in [0.05, 0.1) is 0 Å². The van der Waals surface area contributed by atoms with Crippen LogP contribution in [0.25, 0.3) is 0 Å². The maximum atomic E-state index is 11.3. The highest BCUT2D eigenvalue weighted by Crippen LogP contribution is 2.22. The molecule has 5 heteroatoms. The summed E-state index contributed by atoms with van der Waals surface area (Å²) >= 11 is 8.58. The fourth-order valence-electron chi connectivity index (χ4n) is 0. The highest BCUT2D eigenvalue weighted by Gasteiger charge is 2.32. The van der Waals surface area contributed by atoms with Crippen molar-refractivity contribution in [3.63, 3.8) is 0 Å². The molecular formula is C2H2Cl2F2O. The normalized spacial score (nSPS) is 23.6. The minimum atomic E-state index is -3.43. The van der Waals surface area contributed by atoms with E-state index in [1.165, 1.54) is 0 Å². The van der Waals surface area contributed by atoms with Gasteiger partial charge in [0.25, 0.3) is 0 Å². The Labute approximate surface area is 48.8 Å². The van der Waals surface area contributed by atoms with Crippen molar-refractivity contribution in [3.8, 4) is 0 Å². The molecule has 0 saturated heterocycles. The van der Waals surface area contributed by atoms with E-state index in [9.17, 15) is 8.78 Å². The SMILES string of the molecule is OC(F)(Cl)C(F)Cl. The third-order valence-electron chi connectivity index (χ3n) is 0.263. The molecule has 0 aliphatic carbocycles. The van der Waals surface area contributed by atoms with Crippen molar-refractivity contribution in [1.29, 1.82) is 0 Å². The van der Waals surface area contributed by atoms with E-state index < -0.39 is 10.9 Å². The first kappa shape index (κ1) is 7.40. The molecule has 0 saturated carbocycles. The van der Waals surface area contributed by atoms with Crippen molar-refractivity contribution in [2.24, 2.45) is 0 Å². The van der Waals surface area contributed by atoms with Crippen LogP contribution in [0.3, 0.4) is 0 Å². The maximum Gasteiger partial charge on any atom is 0.329 e. The van der Waals surface area contributed by atoms with Crippen LogP contribution < -0.4 is 0 Å². The van der Waals surface area contributed by atoms with Crippen LogP contribution in [-0.4, -0.2) is 16.1 Å². The molecule has 7 heavy (non-hydrogen) atoms. The summed E-state index contributed by atoms with van der Waals surface area (Å²) in [5.74, 6) is 0. The van der Waals surface area contributed by atoms with Crippen molar-refractivity contribution in [3.05, 3.63) is 0 Å². The summed E-state index contributed by atoms with van der Waals surface area (Å²) in [7, 11) is 0. The first-order valence-corrected chi connectivity index (χ1v) is 2.14. The highest BCUT2D eigenvalue weighted by molar-refractivity contribution is 6.29. The Hall–Kier alpha value is 0.400. The second-order valence-corrected chi connectivity index (χ2v) is 1.80. The molecule has 2 atom stereocenters. The molecule has 0 bridgehead atoms. The lowest BCUT2D eigenvalue weighted by Gasteiger charge is -2.07. The zero-order chi connectivity index (χ0) is 6.08. The number of halogens is 4. The number of aliphatic hydroxyl groups is 1. The van der Waals surface area contributed by atoms with E-state index in [1.54, 1.807) is 0 Å². The van der Waals surface area contributed by atoms with Crippen LogP contribution in [-0.2, 0) is 0 Å². The van der Waals surface area contributed by atoms with Gasteiger partial charge in [-0.25, -0.2) is 4.39 Å². The molecule has 0 amide bonds. The smallest absolute Gasteiger partial charge is 0.329 e. The second kappa shape index (κ2) is 2.11. The summed E-state index contributed by atoms with van der Waals surface area (Å²) in [4.78, 5) is 0. The van der Waals surface area contributed by atoms with Gasteiger partial charge >= 0.3 is 5.31 Å². The first-order chi connectivity index (χ1) is 2.94. The van der Waals surface area contributed by atoms with E-state index in [4.69, 9.17) is 5.11 Å². The largest absolute Gasteiger partial charge is 0.346 e. The van der Waals surface area contributed by atoms with Gasteiger partial charge in [-0.3, -0.25) is 0 Å². The predicted octanol–water partition coefficient (Wildman–Crippen LogP) is 1.38. The lowest BCUT2D eigenvalue weighted by molar-refractivity contribution is -0.0404. The Morgan fingerprint density at radius 3 is 1.86 bits per heavy atom. The van der Waals surface area contributed by atoms with Crippen LogP contribution in [0.2, 0.25) is 0 Å². The summed E-state index contributed by atoms with van der Waals surface area (Å²) in [6.07, 6.45) is 0. The third kappa shape index (κ3) is 3.02. The minimum Gasteiger partial charge on any atom is -0.346 e. The molecule has 0 aliphatic heterocycles. The van der Waals surface area contributed by atoms with Crippen molar-refractivity contribution in [1.82, 2.24) is 0 Å². The number of rotatable bonds is 1. The number of hydrogen-bond donors (Lipinski definition) is 1. The molecule has 0 aromatic carbocycles. The Morgan fingerprint density at radius 2 is 1.86 bits per heavy atom. The van der Waals surface area contributed by atoms with Crippen LogP contribution in [0.1, 0.15) is 0 Å². The molecule has 0 radical (unpaired) electrons. The van der Waals surface area contributed by atoms with Gasteiger partial charge in [-0.1, -0.05) is 11.6 Å². The third-order valence-corrected chi connectivity index (χ3v) is 0.855. The summed E-state index contributed by atoms with van der Waals surface area (Å²) in [5.41, 5.74) is -2.57. The standard InChI is InChI=1S/C2H2Cl2F2O/c3-1(5)2(4,6)7/h1,7H. The molecule has 0 rings (SSSR count). The molecule has 44 valence electrons. The zero-order valence-electron chi connectivity index (χ0n) is 3.04. The van der Waals surface area contributed by atoms with E-state index in [-0.39, 0.29) is 0 Å². The summed E-state index contributed by atoms with van der Waals surface area (Å²) in [5, 5.41) is 4.26. The molecule has 0 spiro atoms. The molecule has 1 nitrogen and oxygen atoms in total. The lowest BCUT2D eigenvalue weighted by Crippen LogP contribution is -2.22. The maximum absolute atomic E-state index is 11.3. The average molecular weight is 151 g/mol. The van der Waals surface area contributed by atoms with Gasteiger partial charge < -0.3 is 5.11 Å².